The van der Waals surface area contributed by atoms with E-state index >= 15 is 0 Å². The summed E-state index contributed by atoms with van der Waals surface area (Å²) in [5, 5.41) is 6.52. The Hall–Kier alpha value is -1.22. The summed E-state index contributed by atoms with van der Waals surface area (Å²) in [5.74, 6) is 2.07. The number of halogens is 1. The molecule has 1 aromatic carbocycles. The Bertz CT molecular complexity index is 545. The molecule has 2 N–H and O–H groups in total. The molecule has 1 rings (SSSR count). The number of methoxy groups -OCH3 is 3. The number of nitrogens with one attached hydrogen (secondary N) is 2. The number of nitrogens with zero attached hydrogens (tertiary/aromatic N) is 1. The fourth-order valence-corrected chi connectivity index (χ4v) is 2.23. The molecule has 0 radical (unpaired) electrons. The molecule has 144 valence electrons. The minimum absolute atomic E-state index is 0. The molecule has 0 spiro atoms. The Morgan fingerprint density at radius 3 is 2.24 bits per heavy atom. The second-order valence-corrected chi connectivity index (χ2v) is 6.50. The number of guanidine groups is 1. The summed E-state index contributed by atoms with van der Waals surface area (Å²) >= 11 is 0. The van der Waals surface area contributed by atoms with Gasteiger partial charge in [-0.3, -0.25) is 4.99 Å². The molecule has 0 aliphatic rings. The molecule has 6 nitrogen and oxygen atoms in total. The lowest BCUT2D eigenvalue weighted by molar-refractivity contribution is 0.0241. The van der Waals surface area contributed by atoms with Crippen molar-refractivity contribution in [1.82, 2.24) is 5.32 Å². The van der Waals surface area contributed by atoms with Gasteiger partial charge in [0.05, 0.1) is 26.9 Å². The van der Waals surface area contributed by atoms with Gasteiger partial charge in [0.25, 0.3) is 0 Å². The van der Waals surface area contributed by atoms with Crippen LogP contribution in [-0.4, -0.2) is 46.5 Å². The first kappa shape index (κ1) is 23.8. The molecular weight excluding hydrogens is 433 g/mol. The molecule has 1 unspecified atom stereocenters. The van der Waals surface area contributed by atoms with E-state index in [0.29, 0.717) is 24.0 Å². The predicted octanol–water partition coefficient (Wildman–Crippen LogP) is 3.76. The Labute approximate surface area is 168 Å². The quantitative estimate of drug-likeness (QED) is 0.365. The molecule has 0 aromatic heterocycles. The maximum absolute atomic E-state index is 5.56. The third-order valence-corrected chi connectivity index (χ3v) is 3.66. The van der Waals surface area contributed by atoms with Crippen LogP contribution in [0.1, 0.15) is 27.7 Å². The van der Waals surface area contributed by atoms with E-state index < -0.39 is 0 Å². The normalized spacial score (nSPS) is 12.8. The lowest BCUT2D eigenvalue weighted by Crippen LogP contribution is -2.35. The number of hydrogen-bond donors (Lipinski definition) is 2. The molecule has 25 heavy (non-hydrogen) atoms. The van der Waals surface area contributed by atoms with E-state index in [1.54, 1.807) is 21.3 Å². The summed E-state index contributed by atoms with van der Waals surface area (Å²) in [6.07, 6.45) is 0.0401. The smallest absolute Gasteiger partial charge is 0.195 e. The summed E-state index contributed by atoms with van der Waals surface area (Å²) in [5.41, 5.74) is 0.899. The van der Waals surface area contributed by atoms with Crippen LogP contribution in [0.4, 0.5) is 5.69 Å². The molecule has 0 saturated heterocycles. The highest BCUT2D eigenvalue weighted by Gasteiger charge is 2.24. The molecule has 0 fully saturated rings. The number of hydrogen-bond acceptors (Lipinski definition) is 4. The Morgan fingerprint density at radius 1 is 1.12 bits per heavy atom. The van der Waals surface area contributed by atoms with Gasteiger partial charge in [-0.05, 0) is 24.5 Å². The molecular formula is C18H32IN3O3. The third-order valence-electron chi connectivity index (χ3n) is 3.66. The standard InChI is InChI=1S/C18H31N3O3.HI/c1-8-19-17(20-12-16(24-7)18(2,3)4)21-13-9-10-14(22-5)15(11-13)23-6;/h9-11,16H,8,12H2,1-7H3,(H2,19,20,21);1H. The van der Waals surface area contributed by atoms with Gasteiger partial charge in [-0.25, -0.2) is 0 Å². The maximum Gasteiger partial charge on any atom is 0.195 e. The molecule has 1 atom stereocenters. The van der Waals surface area contributed by atoms with Gasteiger partial charge >= 0.3 is 0 Å². The van der Waals surface area contributed by atoms with Gasteiger partial charge in [0.1, 0.15) is 0 Å². The van der Waals surface area contributed by atoms with Crippen molar-refractivity contribution in [3.05, 3.63) is 18.2 Å². The van der Waals surface area contributed by atoms with Crippen molar-refractivity contribution < 1.29 is 14.2 Å². The Balaban J connectivity index is 0.00000576. The Kier molecular flexibility index (Phi) is 10.8. The highest BCUT2D eigenvalue weighted by atomic mass is 127. The fraction of sp³-hybridized carbons (Fsp3) is 0.611. The van der Waals surface area contributed by atoms with Gasteiger partial charge in [-0.2, -0.15) is 0 Å². The third kappa shape index (κ3) is 7.68. The summed E-state index contributed by atoms with van der Waals surface area (Å²) < 4.78 is 16.2. The minimum Gasteiger partial charge on any atom is -0.493 e. The van der Waals surface area contributed by atoms with Crippen LogP contribution in [0.15, 0.2) is 23.2 Å². The summed E-state index contributed by atoms with van der Waals surface area (Å²) in [4.78, 5) is 4.64. The first-order chi connectivity index (χ1) is 11.3. The molecule has 0 aliphatic carbocycles. The zero-order valence-corrected chi connectivity index (χ0v) is 18.6. The van der Waals surface area contributed by atoms with E-state index in [1.165, 1.54) is 0 Å². The molecule has 0 saturated carbocycles. The van der Waals surface area contributed by atoms with Crippen LogP contribution in [0.25, 0.3) is 0 Å². The van der Waals surface area contributed by atoms with Crippen molar-refractivity contribution in [3.8, 4) is 11.5 Å². The van der Waals surface area contributed by atoms with Gasteiger partial charge in [0, 0.05) is 25.4 Å². The van der Waals surface area contributed by atoms with Crippen molar-refractivity contribution in [2.45, 2.75) is 33.8 Å². The van der Waals surface area contributed by atoms with Crippen LogP contribution >= 0.6 is 24.0 Å². The van der Waals surface area contributed by atoms with Crippen LogP contribution in [0, 0.1) is 5.41 Å². The van der Waals surface area contributed by atoms with Crippen LogP contribution < -0.4 is 20.1 Å². The zero-order valence-electron chi connectivity index (χ0n) is 16.3. The SMILES string of the molecule is CCNC(=NCC(OC)C(C)(C)C)Nc1ccc(OC)c(OC)c1.I. The predicted molar refractivity (Wildman–Crippen MR) is 115 cm³/mol. The van der Waals surface area contributed by atoms with Crippen LogP contribution in [0.3, 0.4) is 0 Å². The monoisotopic (exact) mass is 465 g/mol. The highest BCUT2D eigenvalue weighted by Crippen LogP contribution is 2.29. The van der Waals surface area contributed by atoms with E-state index in [-0.39, 0.29) is 35.5 Å². The lowest BCUT2D eigenvalue weighted by atomic mass is 9.89. The number of anilines is 1. The molecule has 0 aliphatic heterocycles. The Morgan fingerprint density at radius 2 is 1.76 bits per heavy atom. The van der Waals surface area contributed by atoms with Crippen molar-refractivity contribution in [3.63, 3.8) is 0 Å². The van der Waals surface area contributed by atoms with E-state index in [4.69, 9.17) is 14.2 Å². The first-order valence-corrected chi connectivity index (χ1v) is 8.15. The van der Waals surface area contributed by atoms with Crippen molar-refractivity contribution in [2.24, 2.45) is 10.4 Å². The first-order valence-electron chi connectivity index (χ1n) is 8.15. The number of rotatable bonds is 7. The summed E-state index contributed by atoms with van der Waals surface area (Å²) in [7, 11) is 4.96. The lowest BCUT2D eigenvalue weighted by Gasteiger charge is -2.28. The molecule has 0 heterocycles. The van der Waals surface area contributed by atoms with Crippen molar-refractivity contribution in [1.29, 1.82) is 0 Å². The minimum atomic E-state index is 0. The van der Waals surface area contributed by atoms with Crippen molar-refractivity contribution in [2.75, 3.05) is 39.7 Å². The molecule has 1 aromatic rings. The van der Waals surface area contributed by atoms with Gasteiger partial charge in [-0.15, -0.1) is 24.0 Å². The zero-order chi connectivity index (χ0) is 18.2. The molecule has 0 bridgehead atoms. The number of benzene rings is 1. The number of ether oxygens (including phenoxy) is 3. The van der Waals surface area contributed by atoms with Gasteiger partial charge in [0.2, 0.25) is 0 Å². The average Bonchev–Trinajstić information content (AvgIpc) is 2.54. The van der Waals surface area contributed by atoms with E-state index in [1.807, 2.05) is 25.1 Å². The topological polar surface area (TPSA) is 64.1 Å². The maximum atomic E-state index is 5.56. The molecule has 7 heteroatoms. The second-order valence-electron chi connectivity index (χ2n) is 6.50. The van der Waals surface area contributed by atoms with Gasteiger partial charge in [0.15, 0.2) is 17.5 Å². The highest BCUT2D eigenvalue weighted by molar-refractivity contribution is 14.0. The van der Waals surface area contributed by atoms with E-state index in [0.717, 1.165) is 12.2 Å². The average molecular weight is 465 g/mol. The van der Waals surface area contributed by atoms with Crippen LogP contribution in [-0.2, 0) is 4.74 Å². The van der Waals surface area contributed by atoms with Crippen LogP contribution in [0.2, 0.25) is 0 Å². The second kappa shape index (κ2) is 11.4. The van der Waals surface area contributed by atoms with Gasteiger partial charge in [-0.1, -0.05) is 20.8 Å². The van der Waals surface area contributed by atoms with Crippen molar-refractivity contribution >= 4 is 35.6 Å². The summed E-state index contributed by atoms with van der Waals surface area (Å²) in [6.45, 7) is 9.81. The fourth-order valence-electron chi connectivity index (χ4n) is 2.23. The van der Waals surface area contributed by atoms with Gasteiger partial charge < -0.3 is 24.8 Å². The van der Waals surface area contributed by atoms with E-state index in [2.05, 4.69) is 36.4 Å². The number of aliphatic imine (C=N–C) groups is 1. The largest absolute Gasteiger partial charge is 0.493 e. The summed E-state index contributed by atoms with van der Waals surface area (Å²) in [6, 6.07) is 5.66. The van der Waals surface area contributed by atoms with E-state index in [9.17, 15) is 0 Å². The van der Waals surface area contributed by atoms with Crippen LogP contribution in [0.5, 0.6) is 11.5 Å². The molecule has 0 amide bonds.